The van der Waals surface area contributed by atoms with Crippen molar-refractivity contribution in [2.75, 3.05) is 6.61 Å². The fourth-order valence-electron chi connectivity index (χ4n) is 2.70. The number of hydrogen-bond acceptors (Lipinski definition) is 8. The van der Waals surface area contributed by atoms with Crippen LogP contribution in [0, 0.1) is 0 Å². The van der Waals surface area contributed by atoms with Crippen molar-refractivity contribution in [1.29, 1.82) is 0 Å². The summed E-state index contributed by atoms with van der Waals surface area (Å²) < 4.78 is 11.6. The summed E-state index contributed by atoms with van der Waals surface area (Å²) in [5.74, 6) is -0.882. The Balaban J connectivity index is 1.38. The van der Waals surface area contributed by atoms with Crippen LogP contribution in [0.4, 0.5) is 4.79 Å². The number of ether oxygens (including phenoxy) is 1. The lowest BCUT2D eigenvalue weighted by atomic mass is 10.3. The second-order valence-electron chi connectivity index (χ2n) is 6.37. The smallest absolute Gasteiger partial charge is 0.378 e. The van der Waals surface area contributed by atoms with E-state index in [0.717, 1.165) is 4.88 Å². The zero-order valence-corrected chi connectivity index (χ0v) is 17.4. The molecule has 0 aliphatic heterocycles. The monoisotopic (exact) mass is 451 g/mol. The molecule has 0 unspecified atom stereocenters. The molecule has 0 saturated heterocycles. The first-order chi connectivity index (χ1) is 15.6. The highest BCUT2D eigenvalue weighted by atomic mass is 32.1. The second kappa shape index (κ2) is 9.71. The van der Waals surface area contributed by atoms with E-state index < -0.39 is 24.5 Å². The van der Waals surface area contributed by atoms with Gasteiger partial charge in [-0.3, -0.25) is 10.1 Å². The first kappa shape index (κ1) is 21.0. The van der Waals surface area contributed by atoms with E-state index >= 15 is 0 Å². The summed E-state index contributed by atoms with van der Waals surface area (Å²) in [6, 6.07) is 15.5. The summed E-state index contributed by atoms with van der Waals surface area (Å²) in [5, 5.41) is 10.6. The lowest BCUT2D eigenvalue weighted by Gasteiger charge is -2.05. The summed E-state index contributed by atoms with van der Waals surface area (Å²) in [6.45, 7) is -0.556. The van der Waals surface area contributed by atoms with Gasteiger partial charge in [0.1, 0.15) is 5.76 Å². The van der Waals surface area contributed by atoms with Gasteiger partial charge in [0.15, 0.2) is 12.4 Å². The SMILES string of the molecule is O=C(COC(=O)c1nc(-c2cccs2)n(-c2ccccc2)n1)NC(=O)NCc1ccco1. The molecule has 0 bridgehead atoms. The van der Waals surface area contributed by atoms with E-state index in [0.29, 0.717) is 17.3 Å². The maximum absolute atomic E-state index is 12.4. The fraction of sp³-hybridized carbons (Fsp3) is 0.0952. The predicted molar refractivity (Wildman–Crippen MR) is 114 cm³/mol. The molecule has 11 heteroatoms. The third kappa shape index (κ3) is 5.08. The number of nitrogens with zero attached hydrogens (tertiary/aromatic N) is 3. The van der Waals surface area contributed by atoms with Crippen LogP contribution >= 0.6 is 11.3 Å². The van der Waals surface area contributed by atoms with Gasteiger partial charge in [0.25, 0.3) is 11.7 Å². The van der Waals surface area contributed by atoms with Gasteiger partial charge in [-0.15, -0.1) is 16.4 Å². The van der Waals surface area contributed by atoms with Crippen molar-refractivity contribution in [2.45, 2.75) is 6.54 Å². The molecule has 1 aromatic carbocycles. The van der Waals surface area contributed by atoms with Gasteiger partial charge >= 0.3 is 12.0 Å². The Bertz CT molecular complexity index is 1200. The number of carbonyl (C=O) groups excluding carboxylic acids is 3. The van der Waals surface area contributed by atoms with Crippen LogP contribution in [0.3, 0.4) is 0 Å². The largest absolute Gasteiger partial charge is 0.467 e. The van der Waals surface area contributed by atoms with Crippen LogP contribution in [-0.2, 0) is 16.1 Å². The molecule has 0 spiro atoms. The summed E-state index contributed by atoms with van der Waals surface area (Å²) in [5.41, 5.74) is 0.716. The summed E-state index contributed by atoms with van der Waals surface area (Å²) in [7, 11) is 0. The highest BCUT2D eigenvalue weighted by Crippen LogP contribution is 2.25. The van der Waals surface area contributed by atoms with Gasteiger partial charge in [0.05, 0.1) is 23.4 Å². The number of amides is 3. The number of hydrogen-bond donors (Lipinski definition) is 2. The Morgan fingerprint density at radius 1 is 1.06 bits per heavy atom. The van der Waals surface area contributed by atoms with Crippen LogP contribution in [0.15, 0.2) is 70.7 Å². The van der Waals surface area contributed by atoms with Crippen LogP contribution in [0.5, 0.6) is 0 Å². The van der Waals surface area contributed by atoms with Crippen LogP contribution in [-0.4, -0.2) is 39.3 Å². The van der Waals surface area contributed by atoms with Gasteiger partial charge in [-0.05, 0) is 35.7 Å². The number of imide groups is 1. The van der Waals surface area contributed by atoms with Gasteiger partial charge in [-0.2, -0.15) is 4.98 Å². The number of urea groups is 1. The van der Waals surface area contributed by atoms with Crippen LogP contribution in [0.25, 0.3) is 16.4 Å². The molecule has 32 heavy (non-hydrogen) atoms. The van der Waals surface area contributed by atoms with E-state index in [1.807, 2.05) is 47.8 Å². The number of thiophene rings is 1. The fourth-order valence-corrected chi connectivity index (χ4v) is 3.39. The van der Waals surface area contributed by atoms with Crippen molar-refractivity contribution < 1.29 is 23.5 Å². The average molecular weight is 451 g/mol. The minimum atomic E-state index is -0.886. The van der Waals surface area contributed by atoms with Crippen LogP contribution < -0.4 is 10.6 Å². The molecule has 4 aromatic rings. The van der Waals surface area contributed by atoms with Crippen molar-refractivity contribution in [3.8, 4) is 16.4 Å². The molecule has 0 fully saturated rings. The molecule has 162 valence electrons. The van der Waals surface area contributed by atoms with Crippen molar-refractivity contribution >= 4 is 29.2 Å². The number of carbonyl (C=O) groups is 3. The zero-order chi connectivity index (χ0) is 22.3. The summed E-state index contributed by atoms with van der Waals surface area (Å²) >= 11 is 1.45. The highest BCUT2D eigenvalue weighted by Gasteiger charge is 2.21. The molecule has 0 aliphatic rings. The second-order valence-corrected chi connectivity index (χ2v) is 7.32. The van der Waals surface area contributed by atoms with Crippen molar-refractivity contribution in [1.82, 2.24) is 25.4 Å². The first-order valence-electron chi connectivity index (χ1n) is 9.43. The molecule has 0 atom stereocenters. The molecular formula is C21H17N5O5S. The van der Waals surface area contributed by atoms with Gasteiger partial charge in [0.2, 0.25) is 0 Å². The highest BCUT2D eigenvalue weighted by molar-refractivity contribution is 7.13. The van der Waals surface area contributed by atoms with E-state index in [9.17, 15) is 14.4 Å². The maximum atomic E-state index is 12.4. The number of furan rings is 1. The Labute approximate surface area is 185 Å². The van der Waals surface area contributed by atoms with E-state index in [-0.39, 0.29) is 12.4 Å². The Morgan fingerprint density at radius 3 is 2.62 bits per heavy atom. The molecule has 3 aromatic heterocycles. The molecule has 0 saturated carbocycles. The summed E-state index contributed by atoms with van der Waals surface area (Å²) in [6.07, 6.45) is 1.47. The lowest BCUT2D eigenvalue weighted by Crippen LogP contribution is -2.41. The van der Waals surface area contributed by atoms with Gasteiger partial charge < -0.3 is 14.5 Å². The normalized spacial score (nSPS) is 10.5. The first-order valence-corrected chi connectivity index (χ1v) is 10.3. The third-order valence-electron chi connectivity index (χ3n) is 4.12. The van der Waals surface area contributed by atoms with E-state index in [4.69, 9.17) is 9.15 Å². The van der Waals surface area contributed by atoms with Crippen molar-refractivity contribution in [2.24, 2.45) is 0 Å². The topological polar surface area (TPSA) is 128 Å². The summed E-state index contributed by atoms with van der Waals surface area (Å²) in [4.78, 5) is 41.2. The number of rotatable bonds is 7. The molecule has 10 nitrogen and oxygen atoms in total. The standard InChI is InChI=1S/C21H17N5O5S/c27-17(23-21(29)22-12-15-8-4-10-30-15)13-31-20(28)18-24-19(16-9-5-11-32-16)26(25-18)14-6-2-1-3-7-14/h1-11H,12-13H2,(H2,22,23,27,29). The number of esters is 1. The molecule has 0 aliphatic carbocycles. The molecular weight excluding hydrogens is 434 g/mol. The van der Waals surface area contributed by atoms with Crippen LogP contribution in [0.1, 0.15) is 16.4 Å². The molecule has 3 amide bonds. The Hall–Kier alpha value is -4.25. The Kier molecular flexibility index (Phi) is 6.37. The number of aromatic nitrogens is 3. The van der Waals surface area contributed by atoms with E-state index in [1.54, 1.807) is 12.1 Å². The maximum Gasteiger partial charge on any atom is 0.378 e. The van der Waals surface area contributed by atoms with E-state index in [2.05, 4.69) is 20.7 Å². The number of benzene rings is 1. The number of nitrogens with one attached hydrogen (secondary N) is 2. The average Bonchev–Trinajstić information content (AvgIpc) is 3.57. The minimum Gasteiger partial charge on any atom is -0.467 e. The number of para-hydroxylation sites is 1. The molecule has 0 radical (unpaired) electrons. The third-order valence-corrected chi connectivity index (χ3v) is 4.99. The van der Waals surface area contributed by atoms with Gasteiger partial charge in [0, 0.05) is 0 Å². The van der Waals surface area contributed by atoms with E-state index in [1.165, 1.54) is 22.3 Å². The van der Waals surface area contributed by atoms with Gasteiger partial charge in [-0.25, -0.2) is 14.3 Å². The predicted octanol–water partition coefficient (Wildman–Crippen LogP) is 2.77. The Morgan fingerprint density at radius 2 is 1.91 bits per heavy atom. The van der Waals surface area contributed by atoms with Crippen LogP contribution in [0.2, 0.25) is 0 Å². The van der Waals surface area contributed by atoms with Crippen molar-refractivity contribution in [3.05, 3.63) is 77.8 Å². The lowest BCUT2D eigenvalue weighted by molar-refractivity contribution is -0.123. The minimum absolute atomic E-state index is 0.109. The van der Waals surface area contributed by atoms with Gasteiger partial charge in [-0.1, -0.05) is 24.3 Å². The molecule has 4 rings (SSSR count). The quantitative estimate of drug-likeness (QED) is 0.414. The molecule has 2 N–H and O–H groups in total. The molecule has 3 heterocycles. The van der Waals surface area contributed by atoms with Crippen molar-refractivity contribution in [3.63, 3.8) is 0 Å². The zero-order valence-electron chi connectivity index (χ0n) is 16.6.